The maximum absolute atomic E-state index is 14.1. The summed E-state index contributed by atoms with van der Waals surface area (Å²) in [6.45, 7) is 5.45. The van der Waals surface area contributed by atoms with Crippen molar-refractivity contribution in [2.75, 3.05) is 19.8 Å². The Hall–Kier alpha value is -3.13. The number of nitrogens with zero attached hydrogens (tertiary/aromatic N) is 1. The van der Waals surface area contributed by atoms with Crippen LogP contribution in [0.2, 0.25) is 0 Å². The van der Waals surface area contributed by atoms with E-state index in [1.54, 1.807) is 19.1 Å². The summed E-state index contributed by atoms with van der Waals surface area (Å²) < 4.78 is 0. The van der Waals surface area contributed by atoms with Gasteiger partial charge in [0.2, 0.25) is 5.91 Å². The SMILES string of the molecule is C[C@H]1c2ccc(C(C)(C)CCCSC(=N)N)c(O)c2C(=O)C2C(=O)[C@]3(O)C(=O)C(C(N)=O)C(=O)[C@@H](N(C)C)[C@@H]3[C@@H](O)[C@@H]21. The van der Waals surface area contributed by atoms with Crippen molar-refractivity contribution < 1.29 is 39.3 Å². The number of aliphatic hydroxyl groups is 2. The lowest BCUT2D eigenvalue weighted by Crippen LogP contribution is -2.77. The van der Waals surface area contributed by atoms with Crippen molar-refractivity contribution in [3.05, 3.63) is 28.8 Å². The van der Waals surface area contributed by atoms with Gasteiger partial charge in [0.1, 0.15) is 5.75 Å². The Morgan fingerprint density at radius 2 is 1.76 bits per heavy atom. The van der Waals surface area contributed by atoms with Gasteiger partial charge in [-0.1, -0.05) is 44.7 Å². The quantitative estimate of drug-likeness (QED) is 0.106. The highest BCUT2D eigenvalue weighted by atomic mass is 32.2. The molecule has 42 heavy (non-hydrogen) atoms. The molecular weight excluding hydrogens is 564 g/mol. The number of nitrogens with two attached hydrogens (primary N) is 2. The predicted molar refractivity (Wildman–Crippen MR) is 154 cm³/mol. The van der Waals surface area contributed by atoms with E-state index in [4.69, 9.17) is 16.9 Å². The fourth-order valence-corrected chi connectivity index (χ4v) is 7.87. The number of aliphatic hydroxyl groups excluding tert-OH is 1. The van der Waals surface area contributed by atoms with Gasteiger partial charge in [-0.3, -0.25) is 34.3 Å². The summed E-state index contributed by atoms with van der Waals surface area (Å²) in [5, 5.41) is 42.3. The van der Waals surface area contributed by atoms with Crippen LogP contribution in [0.5, 0.6) is 5.75 Å². The van der Waals surface area contributed by atoms with Crippen LogP contribution in [0.3, 0.4) is 0 Å². The lowest BCUT2D eigenvalue weighted by molar-refractivity contribution is -0.196. The van der Waals surface area contributed by atoms with Crippen molar-refractivity contribution in [1.82, 2.24) is 4.90 Å². The summed E-state index contributed by atoms with van der Waals surface area (Å²) in [7, 11) is 2.90. The number of hydrogen-bond acceptors (Lipinski definition) is 11. The predicted octanol–water partition coefficient (Wildman–Crippen LogP) is 0.0833. The number of fused-ring (bicyclic) bond motifs is 3. The molecule has 0 aromatic heterocycles. The fraction of sp³-hybridized carbons (Fsp3) is 0.586. The number of Topliss-reactive ketones (excluding diaryl/α,β-unsaturated/α-hetero) is 4. The molecule has 0 bridgehead atoms. The monoisotopic (exact) mass is 602 g/mol. The van der Waals surface area contributed by atoms with Crippen LogP contribution in [-0.2, 0) is 24.6 Å². The second-order valence-corrected chi connectivity index (χ2v) is 13.6. The first kappa shape index (κ1) is 31.8. The van der Waals surface area contributed by atoms with E-state index in [1.807, 2.05) is 13.8 Å². The Kier molecular flexibility index (Phi) is 8.22. The summed E-state index contributed by atoms with van der Waals surface area (Å²) in [5.41, 5.74) is 7.83. The molecule has 13 heteroatoms. The highest BCUT2D eigenvalue weighted by Gasteiger charge is 2.72. The van der Waals surface area contributed by atoms with Crippen molar-refractivity contribution in [2.45, 2.75) is 62.7 Å². The van der Waals surface area contributed by atoms with Crippen LogP contribution in [0.25, 0.3) is 0 Å². The number of likely N-dealkylation sites (N-methyl/N-ethyl adjacent to an activating group) is 1. The summed E-state index contributed by atoms with van der Waals surface area (Å²) in [6, 6.07) is 1.97. The van der Waals surface area contributed by atoms with Gasteiger partial charge >= 0.3 is 0 Å². The van der Waals surface area contributed by atoms with Gasteiger partial charge in [0.05, 0.1) is 29.5 Å². The van der Waals surface area contributed by atoms with E-state index in [0.29, 0.717) is 29.7 Å². The number of amidine groups is 1. The van der Waals surface area contributed by atoms with Crippen LogP contribution in [0.15, 0.2) is 12.1 Å². The van der Waals surface area contributed by atoms with Crippen LogP contribution in [0.4, 0.5) is 0 Å². The molecule has 0 aliphatic heterocycles. The van der Waals surface area contributed by atoms with Crippen LogP contribution in [0, 0.1) is 29.1 Å². The molecule has 0 heterocycles. The Morgan fingerprint density at radius 1 is 1.14 bits per heavy atom. The number of rotatable bonds is 7. The molecule has 8 atom stereocenters. The molecule has 1 aromatic carbocycles. The molecule has 0 spiro atoms. The van der Waals surface area contributed by atoms with Crippen LogP contribution >= 0.6 is 11.8 Å². The van der Waals surface area contributed by atoms with Gasteiger partial charge in [-0.2, -0.15) is 0 Å². The van der Waals surface area contributed by atoms with E-state index in [9.17, 15) is 39.3 Å². The van der Waals surface area contributed by atoms with Gasteiger partial charge in [-0.25, -0.2) is 0 Å². The zero-order valence-electron chi connectivity index (χ0n) is 24.2. The number of carbonyl (C=O) groups is 5. The summed E-state index contributed by atoms with van der Waals surface area (Å²) >= 11 is 1.20. The molecule has 2 unspecified atom stereocenters. The van der Waals surface area contributed by atoms with Gasteiger partial charge in [0, 0.05) is 17.2 Å². The number of ketones is 4. The highest BCUT2D eigenvalue weighted by Crippen LogP contribution is 2.55. The average molecular weight is 603 g/mol. The molecule has 0 radical (unpaired) electrons. The standard InChI is InChI=1S/C29H38N4O8S/c1-11-12-7-8-13(28(2,3)9-6-10-42-27(31)32)20(34)15(12)21(35)16-14(11)22(36)18-19(33(4)5)23(37)17(26(30)40)25(39)29(18,41)24(16)38/h7-8,11,14,16-19,22,34,36,41H,6,9-10H2,1-5H3,(H2,30,40)(H3,31,32)/t11-,14+,16?,17?,18+,19-,22-,29-/m0/s1. The number of carbonyl (C=O) groups excluding carboxylic acids is 5. The molecule has 2 saturated carbocycles. The molecule has 3 aliphatic rings. The molecule has 1 amide bonds. The highest BCUT2D eigenvalue weighted by molar-refractivity contribution is 8.13. The topological polar surface area (TPSA) is 225 Å². The van der Waals surface area contributed by atoms with Crippen molar-refractivity contribution in [1.29, 1.82) is 5.41 Å². The van der Waals surface area contributed by atoms with Crippen molar-refractivity contribution in [3.8, 4) is 5.75 Å². The molecule has 2 fully saturated rings. The normalized spacial score (nSPS) is 32.8. The zero-order chi connectivity index (χ0) is 31.6. The Bertz CT molecular complexity index is 1390. The largest absolute Gasteiger partial charge is 0.507 e. The van der Waals surface area contributed by atoms with E-state index in [2.05, 4.69) is 0 Å². The fourth-order valence-electron chi connectivity index (χ4n) is 7.37. The molecule has 228 valence electrons. The third-order valence-corrected chi connectivity index (χ3v) is 10.2. The Balaban J connectivity index is 1.82. The number of nitrogens with one attached hydrogen (secondary N) is 1. The minimum absolute atomic E-state index is 0.00155. The maximum Gasteiger partial charge on any atom is 0.235 e. The van der Waals surface area contributed by atoms with E-state index in [0.717, 1.165) is 0 Å². The second kappa shape index (κ2) is 10.9. The minimum atomic E-state index is -3.03. The molecule has 12 nitrogen and oxygen atoms in total. The van der Waals surface area contributed by atoms with Gasteiger partial charge in [-0.15, -0.1) is 0 Å². The number of hydrogen-bond donors (Lipinski definition) is 6. The third-order valence-electron chi connectivity index (χ3n) is 9.42. The second-order valence-electron chi connectivity index (χ2n) is 12.5. The number of amides is 1. The molecular formula is C29H38N4O8S. The first-order valence-electron chi connectivity index (χ1n) is 13.8. The molecule has 4 rings (SSSR count). The lowest BCUT2D eigenvalue weighted by Gasteiger charge is -2.56. The number of phenolic OH excluding ortho intramolecular Hbond substituents is 1. The zero-order valence-corrected chi connectivity index (χ0v) is 25.0. The molecule has 8 N–H and O–H groups in total. The molecule has 0 saturated heterocycles. The van der Waals surface area contributed by atoms with Gasteiger partial charge in [0.15, 0.2) is 39.8 Å². The van der Waals surface area contributed by atoms with Gasteiger partial charge in [-0.05, 0) is 43.8 Å². The Morgan fingerprint density at radius 3 is 2.31 bits per heavy atom. The summed E-state index contributed by atoms with van der Waals surface area (Å²) in [4.78, 5) is 68.4. The first-order valence-corrected chi connectivity index (χ1v) is 14.8. The third kappa shape index (κ3) is 4.57. The number of aromatic hydroxyl groups is 1. The number of phenols is 1. The summed E-state index contributed by atoms with van der Waals surface area (Å²) in [6.07, 6.45) is -0.426. The van der Waals surface area contributed by atoms with Crippen LogP contribution in [-0.4, -0.2) is 92.0 Å². The van der Waals surface area contributed by atoms with Crippen molar-refractivity contribution in [3.63, 3.8) is 0 Å². The Labute approximate surface area is 247 Å². The number of benzene rings is 1. The molecule has 3 aliphatic carbocycles. The van der Waals surface area contributed by atoms with Crippen molar-refractivity contribution in [2.24, 2.45) is 35.1 Å². The van der Waals surface area contributed by atoms with Crippen molar-refractivity contribution >= 4 is 46.0 Å². The van der Waals surface area contributed by atoms with Gasteiger partial charge in [0.25, 0.3) is 0 Å². The lowest BCUT2D eigenvalue weighted by atomic mass is 9.49. The summed E-state index contributed by atoms with van der Waals surface area (Å²) in [5.74, 6) is -12.8. The van der Waals surface area contributed by atoms with Gasteiger partial charge < -0.3 is 26.8 Å². The number of thioether (sulfide) groups is 1. The van der Waals surface area contributed by atoms with E-state index in [-0.39, 0.29) is 16.5 Å². The first-order chi connectivity index (χ1) is 19.4. The van der Waals surface area contributed by atoms with Crippen LogP contribution in [0.1, 0.15) is 61.0 Å². The number of primary amides is 1. The smallest absolute Gasteiger partial charge is 0.235 e. The van der Waals surface area contributed by atoms with E-state index in [1.165, 1.54) is 30.8 Å². The van der Waals surface area contributed by atoms with E-state index >= 15 is 0 Å². The minimum Gasteiger partial charge on any atom is -0.507 e. The average Bonchev–Trinajstić information content (AvgIpc) is 2.88. The van der Waals surface area contributed by atoms with Crippen LogP contribution < -0.4 is 11.5 Å². The van der Waals surface area contributed by atoms with E-state index < -0.39 is 81.8 Å². The molecule has 1 aromatic rings. The maximum atomic E-state index is 14.1.